The summed E-state index contributed by atoms with van der Waals surface area (Å²) in [6.45, 7) is 1.49. The number of rotatable bonds is 6. The van der Waals surface area contributed by atoms with E-state index in [-0.39, 0.29) is 18.2 Å². The summed E-state index contributed by atoms with van der Waals surface area (Å²) in [6, 6.07) is 9.37. The number of nitrogens with zero attached hydrogens (tertiary/aromatic N) is 1. The van der Waals surface area contributed by atoms with Gasteiger partial charge in [0.15, 0.2) is 0 Å². The van der Waals surface area contributed by atoms with E-state index in [9.17, 15) is 18.8 Å². The number of benzene rings is 2. The van der Waals surface area contributed by atoms with Crippen molar-refractivity contribution in [3.05, 3.63) is 64.4 Å². The number of carbonyl (C=O) groups excluding carboxylic acids is 3. The van der Waals surface area contributed by atoms with E-state index in [1.54, 1.807) is 18.2 Å². The molecule has 0 saturated carbocycles. The van der Waals surface area contributed by atoms with Crippen LogP contribution in [0.3, 0.4) is 0 Å². The number of nitrogens with one attached hydrogen (secondary N) is 1. The van der Waals surface area contributed by atoms with E-state index >= 15 is 0 Å². The first kappa shape index (κ1) is 20.6. The van der Waals surface area contributed by atoms with Crippen LogP contribution in [-0.4, -0.2) is 43.1 Å². The number of urea groups is 1. The summed E-state index contributed by atoms with van der Waals surface area (Å²) in [5.41, 5.74) is -0.793. The minimum Gasteiger partial charge on any atom is -0.492 e. The third-order valence-corrected chi connectivity index (χ3v) is 4.90. The first-order valence-corrected chi connectivity index (χ1v) is 9.05. The van der Waals surface area contributed by atoms with Crippen LogP contribution in [0.15, 0.2) is 42.5 Å². The maximum absolute atomic E-state index is 13.3. The Kier molecular flexibility index (Phi) is 5.74. The summed E-state index contributed by atoms with van der Waals surface area (Å²) in [5, 5.41) is 2.64. The summed E-state index contributed by atoms with van der Waals surface area (Å²) in [7, 11) is 1.28. The molecule has 1 aliphatic heterocycles. The van der Waals surface area contributed by atoms with Crippen molar-refractivity contribution in [2.24, 2.45) is 0 Å². The highest BCUT2D eigenvalue weighted by atomic mass is 35.5. The van der Waals surface area contributed by atoms with Gasteiger partial charge in [-0.3, -0.25) is 9.69 Å². The number of hydrogen-bond acceptors (Lipinski definition) is 5. The highest BCUT2D eigenvalue weighted by molar-refractivity contribution is 6.32. The van der Waals surface area contributed by atoms with E-state index in [1.807, 2.05) is 0 Å². The van der Waals surface area contributed by atoms with Crippen LogP contribution < -0.4 is 10.1 Å². The molecule has 9 heteroatoms. The van der Waals surface area contributed by atoms with Gasteiger partial charge in [0.2, 0.25) is 0 Å². The smallest absolute Gasteiger partial charge is 0.337 e. The van der Waals surface area contributed by atoms with Crippen LogP contribution in [0, 0.1) is 5.82 Å². The molecule has 7 nitrogen and oxygen atoms in total. The molecule has 2 aromatic rings. The van der Waals surface area contributed by atoms with Gasteiger partial charge in [0.05, 0.1) is 19.2 Å². The Morgan fingerprint density at radius 3 is 2.69 bits per heavy atom. The first-order chi connectivity index (χ1) is 13.8. The second-order valence-electron chi connectivity index (χ2n) is 6.50. The van der Waals surface area contributed by atoms with E-state index in [4.69, 9.17) is 16.3 Å². The van der Waals surface area contributed by atoms with Gasteiger partial charge in [0.25, 0.3) is 5.91 Å². The Hall–Kier alpha value is -3.13. The summed E-state index contributed by atoms with van der Waals surface area (Å²) in [4.78, 5) is 37.8. The van der Waals surface area contributed by atoms with Crippen molar-refractivity contribution in [1.82, 2.24) is 10.2 Å². The number of hydrogen-bond donors (Lipinski definition) is 1. The van der Waals surface area contributed by atoms with Crippen molar-refractivity contribution in [2.45, 2.75) is 12.5 Å². The fraction of sp³-hybridized carbons (Fsp3) is 0.250. The van der Waals surface area contributed by atoms with Gasteiger partial charge in [-0.2, -0.15) is 0 Å². The van der Waals surface area contributed by atoms with Gasteiger partial charge in [-0.1, -0.05) is 23.7 Å². The van der Waals surface area contributed by atoms with Gasteiger partial charge in [-0.15, -0.1) is 0 Å². The Bertz CT molecular complexity index is 983. The molecule has 0 aliphatic carbocycles. The van der Waals surface area contributed by atoms with Gasteiger partial charge in [0.1, 0.15) is 23.7 Å². The molecule has 0 bridgehead atoms. The molecule has 2 aromatic carbocycles. The average Bonchev–Trinajstić information content (AvgIpc) is 2.91. The van der Waals surface area contributed by atoms with Gasteiger partial charge < -0.3 is 14.8 Å². The second-order valence-corrected chi connectivity index (χ2v) is 6.91. The van der Waals surface area contributed by atoms with Crippen LogP contribution in [0.5, 0.6) is 5.75 Å². The SMILES string of the molecule is COC(=O)c1cccc(OCCN2C(=O)NC(C)(c3ccc(F)cc3Cl)C2=O)c1. The van der Waals surface area contributed by atoms with Crippen LogP contribution in [0.1, 0.15) is 22.8 Å². The second kappa shape index (κ2) is 8.08. The molecule has 152 valence electrons. The van der Waals surface area contributed by atoms with Crippen molar-refractivity contribution in [2.75, 3.05) is 20.3 Å². The zero-order chi connectivity index (χ0) is 21.2. The molecule has 0 aromatic heterocycles. The molecule has 3 amide bonds. The Balaban J connectivity index is 1.69. The molecule has 1 unspecified atom stereocenters. The molecule has 29 heavy (non-hydrogen) atoms. The third-order valence-electron chi connectivity index (χ3n) is 4.58. The molecule has 0 spiro atoms. The molecule has 0 radical (unpaired) electrons. The van der Waals surface area contributed by atoms with Crippen LogP contribution >= 0.6 is 11.6 Å². The van der Waals surface area contributed by atoms with E-state index in [0.29, 0.717) is 16.9 Å². The Morgan fingerprint density at radius 2 is 2.00 bits per heavy atom. The van der Waals surface area contributed by atoms with Gasteiger partial charge in [0, 0.05) is 10.6 Å². The number of halogens is 2. The number of imide groups is 1. The highest BCUT2D eigenvalue weighted by Gasteiger charge is 2.49. The van der Waals surface area contributed by atoms with Crippen molar-refractivity contribution in [3.8, 4) is 5.75 Å². The zero-order valence-corrected chi connectivity index (χ0v) is 16.5. The maximum atomic E-state index is 13.3. The lowest BCUT2D eigenvalue weighted by Crippen LogP contribution is -2.41. The molecule has 1 heterocycles. The average molecular weight is 421 g/mol. The number of methoxy groups -OCH3 is 1. The number of ether oxygens (including phenoxy) is 2. The van der Waals surface area contributed by atoms with Crippen LogP contribution in [0.25, 0.3) is 0 Å². The molecule has 1 N–H and O–H groups in total. The van der Waals surface area contributed by atoms with E-state index < -0.39 is 29.3 Å². The fourth-order valence-corrected chi connectivity index (χ4v) is 3.42. The zero-order valence-electron chi connectivity index (χ0n) is 15.7. The van der Waals surface area contributed by atoms with E-state index in [1.165, 1.54) is 32.2 Å². The number of amides is 3. The molecule has 1 saturated heterocycles. The molecular weight excluding hydrogens is 403 g/mol. The van der Waals surface area contributed by atoms with Gasteiger partial charge in [-0.25, -0.2) is 14.0 Å². The number of carbonyl (C=O) groups is 3. The summed E-state index contributed by atoms with van der Waals surface area (Å²) in [6.07, 6.45) is 0. The Morgan fingerprint density at radius 1 is 1.24 bits per heavy atom. The molecule has 1 atom stereocenters. The summed E-state index contributed by atoms with van der Waals surface area (Å²) in [5.74, 6) is -1.18. The minimum atomic E-state index is -1.41. The lowest BCUT2D eigenvalue weighted by molar-refractivity contribution is -0.131. The van der Waals surface area contributed by atoms with Crippen LogP contribution in [-0.2, 0) is 15.1 Å². The molecule has 1 aliphatic rings. The molecular formula is C20H18ClFN2O5. The third kappa shape index (κ3) is 4.02. The minimum absolute atomic E-state index is 0.0109. The molecule has 3 rings (SSSR count). The number of esters is 1. The predicted molar refractivity (Wildman–Crippen MR) is 102 cm³/mol. The largest absolute Gasteiger partial charge is 0.492 e. The standard InChI is InChI=1S/C20H18ClFN2O5/c1-20(15-7-6-13(22)11-16(15)21)18(26)24(19(27)23-20)8-9-29-14-5-3-4-12(10-14)17(25)28-2/h3-7,10-11H,8-9H2,1-2H3,(H,23,27). The monoisotopic (exact) mass is 420 g/mol. The van der Waals surface area contributed by atoms with E-state index in [2.05, 4.69) is 10.1 Å². The molecule has 1 fully saturated rings. The van der Waals surface area contributed by atoms with Gasteiger partial charge >= 0.3 is 12.0 Å². The van der Waals surface area contributed by atoms with Crippen molar-refractivity contribution in [3.63, 3.8) is 0 Å². The fourth-order valence-electron chi connectivity index (χ4n) is 3.06. The quantitative estimate of drug-likeness (QED) is 0.573. The lowest BCUT2D eigenvalue weighted by Gasteiger charge is -2.23. The highest BCUT2D eigenvalue weighted by Crippen LogP contribution is 2.33. The van der Waals surface area contributed by atoms with E-state index in [0.717, 1.165) is 11.0 Å². The van der Waals surface area contributed by atoms with Crippen molar-refractivity contribution in [1.29, 1.82) is 0 Å². The van der Waals surface area contributed by atoms with Crippen LogP contribution in [0.4, 0.5) is 9.18 Å². The maximum Gasteiger partial charge on any atom is 0.337 e. The normalized spacial score (nSPS) is 18.6. The predicted octanol–water partition coefficient (Wildman–Crippen LogP) is 3.11. The van der Waals surface area contributed by atoms with Gasteiger partial charge in [-0.05, 0) is 37.3 Å². The van der Waals surface area contributed by atoms with Crippen molar-refractivity contribution < 1.29 is 28.2 Å². The van der Waals surface area contributed by atoms with Crippen molar-refractivity contribution >= 4 is 29.5 Å². The summed E-state index contributed by atoms with van der Waals surface area (Å²) < 4.78 is 23.5. The lowest BCUT2D eigenvalue weighted by atomic mass is 9.92. The van der Waals surface area contributed by atoms with Crippen LogP contribution in [0.2, 0.25) is 5.02 Å². The first-order valence-electron chi connectivity index (χ1n) is 8.67. The summed E-state index contributed by atoms with van der Waals surface area (Å²) >= 11 is 6.07. The Labute approximate surface area is 171 Å². The topological polar surface area (TPSA) is 84.9 Å².